The van der Waals surface area contributed by atoms with Gasteiger partial charge in [0.2, 0.25) is 5.82 Å². The van der Waals surface area contributed by atoms with Crippen LogP contribution in [0, 0.1) is 0 Å². The Morgan fingerprint density at radius 1 is 0.947 bits per heavy atom. The molecule has 0 aliphatic heterocycles. The van der Waals surface area contributed by atoms with Crippen LogP contribution < -0.4 is 0 Å². The zero-order valence-corrected chi connectivity index (χ0v) is 10.3. The van der Waals surface area contributed by atoms with Crippen LogP contribution in [-0.2, 0) is 13.0 Å². The lowest BCUT2D eigenvalue weighted by Crippen LogP contribution is -2.06. The van der Waals surface area contributed by atoms with E-state index in [9.17, 15) is 0 Å². The van der Waals surface area contributed by atoms with Crippen LogP contribution in [0.25, 0.3) is 11.4 Å². The standard InChI is InChI=1S/C14H13N5/c1-2-6-12(7-3-1)14-16-18-19(17-14)11-9-13-8-4-5-10-15-13/h1-8,10H,9,11H2. The maximum Gasteiger partial charge on any atom is 0.204 e. The number of aryl methyl sites for hydroxylation is 2. The van der Waals surface area contributed by atoms with Crippen molar-refractivity contribution in [2.24, 2.45) is 0 Å². The molecular weight excluding hydrogens is 238 g/mol. The largest absolute Gasteiger partial charge is 0.261 e. The monoisotopic (exact) mass is 251 g/mol. The van der Waals surface area contributed by atoms with Gasteiger partial charge in [0.1, 0.15) is 0 Å². The lowest BCUT2D eigenvalue weighted by molar-refractivity contribution is 0.519. The Morgan fingerprint density at radius 2 is 1.79 bits per heavy atom. The summed E-state index contributed by atoms with van der Waals surface area (Å²) in [5.74, 6) is 0.654. The van der Waals surface area contributed by atoms with Crippen molar-refractivity contribution < 1.29 is 0 Å². The fourth-order valence-electron chi connectivity index (χ4n) is 1.80. The molecule has 0 saturated carbocycles. The molecular formula is C14H13N5. The normalized spacial score (nSPS) is 10.5. The molecule has 94 valence electrons. The highest BCUT2D eigenvalue weighted by molar-refractivity contribution is 5.52. The van der Waals surface area contributed by atoms with Crippen molar-refractivity contribution in [2.45, 2.75) is 13.0 Å². The van der Waals surface area contributed by atoms with Crippen molar-refractivity contribution in [1.82, 2.24) is 25.2 Å². The highest BCUT2D eigenvalue weighted by atomic mass is 15.6. The number of pyridine rings is 1. The van der Waals surface area contributed by atoms with Gasteiger partial charge >= 0.3 is 0 Å². The SMILES string of the molecule is c1ccc(-c2nnn(CCc3ccccn3)n2)cc1. The van der Waals surface area contributed by atoms with Crippen LogP contribution in [0.2, 0.25) is 0 Å². The minimum Gasteiger partial charge on any atom is -0.261 e. The molecule has 0 spiro atoms. The van der Waals surface area contributed by atoms with Gasteiger partial charge in [0.15, 0.2) is 0 Å². The molecule has 5 heteroatoms. The molecule has 2 heterocycles. The van der Waals surface area contributed by atoms with E-state index in [2.05, 4.69) is 20.4 Å². The third-order valence-electron chi connectivity index (χ3n) is 2.78. The van der Waals surface area contributed by atoms with Crippen LogP contribution >= 0.6 is 0 Å². The van der Waals surface area contributed by atoms with Crippen LogP contribution in [0.15, 0.2) is 54.7 Å². The Hall–Kier alpha value is -2.56. The highest BCUT2D eigenvalue weighted by Crippen LogP contribution is 2.11. The Kier molecular flexibility index (Phi) is 3.27. The van der Waals surface area contributed by atoms with E-state index < -0.39 is 0 Å². The van der Waals surface area contributed by atoms with Crippen molar-refractivity contribution in [3.05, 3.63) is 60.4 Å². The van der Waals surface area contributed by atoms with Gasteiger partial charge in [0.05, 0.1) is 6.54 Å². The number of hydrogen-bond acceptors (Lipinski definition) is 4. The predicted molar refractivity (Wildman–Crippen MR) is 71.2 cm³/mol. The van der Waals surface area contributed by atoms with Gasteiger partial charge in [-0.2, -0.15) is 4.80 Å². The van der Waals surface area contributed by atoms with E-state index in [0.717, 1.165) is 17.7 Å². The molecule has 0 aliphatic carbocycles. The van der Waals surface area contributed by atoms with Gasteiger partial charge in [-0.25, -0.2) is 0 Å². The maximum absolute atomic E-state index is 4.36. The summed E-state index contributed by atoms with van der Waals surface area (Å²) in [6.45, 7) is 0.677. The molecule has 0 radical (unpaired) electrons. The highest BCUT2D eigenvalue weighted by Gasteiger charge is 2.05. The van der Waals surface area contributed by atoms with Crippen molar-refractivity contribution in [2.75, 3.05) is 0 Å². The van der Waals surface area contributed by atoms with E-state index in [-0.39, 0.29) is 0 Å². The fourth-order valence-corrected chi connectivity index (χ4v) is 1.80. The van der Waals surface area contributed by atoms with E-state index in [4.69, 9.17) is 0 Å². The first kappa shape index (κ1) is 11.5. The third-order valence-corrected chi connectivity index (χ3v) is 2.78. The molecule has 0 atom stereocenters. The van der Waals surface area contributed by atoms with E-state index in [1.807, 2.05) is 48.5 Å². The molecule has 0 bridgehead atoms. The summed E-state index contributed by atoms with van der Waals surface area (Å²) in [6.07, 6.45) is 2.59. The number of aromatic nitrogens is 5. The average Bonchev–Trinajstić information content (AvgIpc) is 2.96. The van der Waals surface area contributed by atoms with Crippen LogP contribution in [-0.4, -0.2) is 25.2 Å². The molecule has 5 nitrogen and oxygen atoms in total. The van der Waals surface area contributed by atoms with Crippen LogP contribution in [0.1, 0.15) is 5.69 Å². The molecule has 2 aromatic heterocycles. The van der Waals surface area contributed by atoms with E-state index in [1.54, 1.807) is 11.0 Å². The fraction of sp³-hybridized carbons (Fsp3) is 0.143. The van der Waals surface area contributed by atoms with Gasteiger partial charge in [-0.05, 0) is 17.3 Å². The Labute approximate surface area is 110 Å². The first-order valence-electron chi connectivity index (χ1n) is 6.15. The molecule has 19 heavy (non-hydrogen) atoms. The van der Waals surface area contributed by atoms with Crippen molar-refractivity contribution in [3.63, 3.8) is 0 Å². The molecule has 0 unspecified atom stereocenters. The number of nitrogens with zero attached hydrogens (tertiary/aromatic N) is 5. The molecule has 0 amide bonds. The third kappa shape index (κ3) is 2.82. The minimum atomic E-state index is 0.654. The van der Waals surface area contributed by atoms with Gasteiger partial charge < -0.3 is 0 Å². The van der Waals surface area contributed by atoms with Gasteiger partial charge in [-0.1, -0.05) is 36.4 Å². The number of benzene rings is 1. The first-order valence-corrected chi connectivity index (χ1v) is 6.15. The molecule has 0 fully saturated rings. The lowest BCUT2D eigenvalue weighted by atomic mass is 10.2. The molecule has 0 N–H and O–H groups in total. The van der Waals surface area contributed by atoms with Crippen molar-refractivity contribution >= 4 is 0 Å². The van der Waals surface area contributed by atoms with Gasteiger partial charge in [0.25, 0.3) is 0 Å². The van der Waals surface area contributed by atoms with E-state index in [0.29, 0.717) is 12.4 Å². The van der Waals surface area contributed by atoms with Crippen LogP contribution in [0.4, 0.5) is 0 Å². The Balaban J connectivity index is 1.69. The van der Waals surface area contributed by atoms with Crippen LogP contribution in [0.3, 0.4) is 0 Å². The summed E-state index contributed by atoms with van der Waals surface area (Å²) in [5.41, 5.74) is 2.01. The lowest BCUT2D eigenvalue weighted by Gasteiger charge is -1.98. The summed E-state index contributed by atoms with van der Waals surface area (Å²) in [4.78, 5) is 5.88. The number of tetrazole rings is 1. The van der Waals surface area contributed by atoms with Gasteiger partial charge in [-0.15, -0.1) is 10.2 Å². The van der Waals surface area contributed by atoms with E-state index in [1.165, 1.54) is 0 Å². The first-order chi connectivity index (χ1) is 9.42. The van der Waals surface area contributed by atoms with E-state index >= 15 is 0 Å². The molecule has 0 aliphatic rings. The maximum atomic E-state index is 4.36. The topological polar surface area (TPSA) is 56.5 Å². The number of hydrogen-bond donors (Lipinski definition) is 0. The Bertz CT molecular complexity index is 633. The zero-order chi connectivity index (χ0) is 12.9. The summed E-state index contributed by atoms with van der Waals surface area (Å²) in [7, 11) is 0. The molecule has 1 aromatic carbocycles. The average molecular weight is 251 g/mol. The van der Waals surface area contributed by atoms with Crippen LogP contribution in [0.5, 0.6) is 0 Å². The second kappa shape index (κ2) is 5.39. The smallest absolute Gasteiger partial charge is 0.204 e. The second-order valence-electron chi connectivity index (χ2n) is 4.15. The summed E-state index contributed by atoms with van der Waals surface area (Å²) < 4.78 is 0. The van der Waals surface area contributed by atoms with Gasteiger partial charge in [-0.3, -0.25) is 4.98 Å². The molecule has 3 aromatic rings. The summed E-state index contributed by atoms with van der Waals surface area (Å²) in [5, 5.41) is 12.5. The zero-order valence-electron chi connectivity index (χ0n) is 10.3. The van der Waals surface area contributed by atoms with Crippen molar-refractivity contribution in [3.8, 4) is 11.4 Å². The molecule has 3 rings (SSSR count). The summed E-state index contributed by atoms with van der Waals surface area (Å²) >= 11 is 0. The molecule has 0 saturated heterocycles. The van der Waals surface area contributed by atoms with Crippen molar-refractivity contribution in [1.29, 1.82) is 0 Å². The minimum absolute atomic E-state index is 0.654. The second-order valence-corrected chi connectivity index (χ2v) is 4.15. The number of rotatable bonds is 4. The van der Waals surface area contributed by atoms with Gasteiger partial charge in [0, 0.05) is 23.9 Å². The quantitative estimate of drug-likeness (QED) is 0.711. The predicted octanol–water partition coefficient (Wildman–Crippen LogP) is 1.98. The Morgan fingerprint density at radius 3 is 2.58 bits per heavy atom. The summed E-state index contributed by atoms with van der Waals surface area (Å²) in [6, 6.07) is 15.7.